The number of aromatic nitrogens is 2. The van der Waals surface area contributed by atoms with Crippen molar-refractivity contribution in [3.05, 3.63) is 58.3 Å². The molecule has 1 aliphatic rings. The number of carbonyl (C=O) groups excluding carboxylic acids is 1. The van der Waals surface area contributed by atoms with E-state index in [1.807, 2.05) is 0 Å². The molecule has 1 aromatic heterocycles. The summed E-state index contributed by atoms with van der Waals surface area (Å²) >= 11 is 3.44. The standard InChI is InChI=1S/C17H11BrN2O4/c18-12-7-16-15(23-9-24-16)6-11(12)8-22-17(21)10-1-2-13-14(5-10)20-4-3-19-13/h1-7H,8-9H2. The molecule has 0 fully saturated rings. The molecular formula is C17H11BrN2O4. The second-order valence-corrected chi connectivity index (χ2v) is 5.99. The molecule has 6 nitrogen and oxygen atoms in total. The van der Waals surface area contributed by atoms with Gasteiger partial charge in [0.2, 0.25) is 6.79 Å². The molecule has 24 heavy (non-hydrogen) atoms. The molecule has 0 saturated heterocycles. The fourth-order valence-electron chi connectivity index (χ4n) is 2.39. The Morgan fingerprint density at radius 2 is 1.83 bits per heavy atom. The maximum atomic E-state index is 12.3. The van der Waals surface area contributed by atoms with Gasteiger partial charge in [-0.1, -0.05) is 15.9 Å². The number of carbonyl (C=O) groups is 1. The van der Waals surface area contributed by atoms with Crippen LogP contribution < -0.4 is 9.47 Å². The molecule has 4 rings (SSSR count). The van der Waals surface area contributed by atoms with Gasteiger partial charge in [-0.15, -0.1) is 0 Å². The molecule has 0 atom stereocenters. The van der Waals surface area contributed by atoms with Gasteiger partial charge in [0, 0.05) is 22.4 Å². The number of rotatable bonds is 3. The van der Waals surface area contributed by atoms with Gasteiger partial charge in [-0.25, -0.2) is 4.79 Å². The average molecular weight is 387 g/mol. The molecule has 0 amide bonds. The van der Waals surface area contributed by atoms with Gasteiger partial charge in [0.05, 0.1) is 16.6 Å². The molecule has 0 spiro atoms. The smallest absolute Gasteiger partial charge is 0.338 e. The number of halogens is 1. The molecule has 1 aliphatic heterocycles. The summed E-state index contributed by atoms with van der Waals surface area (Å²) in [5, 5.41) is 0. The van der Waals surface area contributed by atoms with Gasteiger partial charge in [-0.05, 0) is 30.3 Å². The van der Waals surface area contributed by atoms with Crippen molar-refractivity contribution in [3.63, 3.8) is 0 Å². The fraction of sp³-hybridized carbons (Fsp3) is 0.118. The fourth-order valence-corrected chi connectivity index (χ4v) is 2.82. The molecule has 0 saturated carbocycles. The lowest BCUT2D eigenvalue weighted by molar-refractivity contribution is 0.0472. The summed E-state index contributed by atoms with van der Waals surface area (Å²) in [7, 11) is 0. The van der Waals surface area contributed by atoms with Crippen molar-refractivity contribution in [1.29, 1.82) is 0 Å². The van der Waals surface area contributed by atoms with Crippen LogP contribution in [0.5, 0.6) is 11.5 Å². The first-order valence-electron chi connectivity index (χ1n) is 7.16. The summed E-state index contributed by atoms with van der Waals surface area (Å²) < 4.78 is 16.8. The van der Waals surface area contributed by atoms with Crippen LogP contribution in [0.2, 0.25) is 0 Å². The minimum Gasteiger partial charge on any atom is -0.457 e. The Hall–Kier alpha value is -2.67. The second kappa shape index (κ2) is 6.09. The van der Waals surface area contributed by atoms with Crippen molar-refractivity contribution in [2.75, 3.05) is 6.79 Å². The van der Waals surface area contributed by atoms with Crippen molar-refractivity contribution in [3.8, 4) is 11.5 Å². The molecule has 120 valence electrons. The third kappa shape index (κ3) is 2.78. The molecule has 2 aromatic carbocycles. The van der Waals surface area contributed by atoms with Crippen LogP contribution in [0.3, 0.4) is 0 Å². The Kier molecular flexibility index (Phi) is 3.78. The summed E-state index contributed by atoms with van der Waals surface area (Å²) in [6, 6.07) is 8.69. The molecular weight excluding hydrogens is 376 g/mol. The van der Waals surface area contributed by atoms with Crippen LogP contribution in [0.4, 0.5) is 0 Å². The first kappa shape index (κ1) is 14.9. The van der Waals surface area contributed by atoms with Crippen molar-refractivity contribution in [2.45, 2.75) is 6.61 Å². The zero-order valence-corrected chi connectivity index (χ0v) is 13.9. The number of fused-ring (bicyclic) bond motifs is 2. The zero-order valence-electron chi connectivity index (χ0n) is 12.4. The Morgan fingerprint density at radius 1 is 1.08 bits per heavy atom. The lowest BCUT2D eigenvalue weighted by Gasteiger charge is -2.08. The van der Waals surface area contributed by atoms with Crippen LogP contribution in [0, 0.1) is 0 Å². The van der Waals surface area contributed by atoms with Crippen molar-refractivity contribution in [1.82, 2.24) is 9.97 Å². The number of esters is 1. The lowest BCUT2D eigenvalue weighted by Crippen LogP contribution is -2.06. The molecule has 3 aromatic rings. The van der Waals surface area contributed by atoms with Crippen LogP contribution in [-0.2, 0) is 11.3 Å². The first-order valence-corrected chi connectivity index (χ1v) is 7.96. The van der Waals surface area contributed by atoms with E-state index in [-0.39, 0.29) is 13.4 Å². The third-order valence-corrected chi connectivity index (χ3v) is 4.34. The number of nitrogens with zero attached hydrogens (tertiary/aromatic N) is 2. The number of benzene rings is 2. The van der Waals surface area contributed by atoms with Gasteiger partial charge in [0.25, 0.3) is 0 Å². The monoisotopic (exact) mass is 386 g/mol. The van der Waals surface area contributed by atoms with Crippen LogP contribution >= 0.6 is 15.9 Å². The summed E-state index contributed by atoms with van der Waals surface area (Å²) in [5.74, 6) is 0.891. The van der Waals surface area contributed by atoms with Crippen LogP contribution in [0.1, 0.15) is 15.9 Å². The maximum Gasteiger partial charge on any atom is 0.338 e. The van der Waals surface area contributed by atoms with Gasteiger partial charge in [0.15, 0.2) is 11.5 Å². The van der Waals surface area contributed by atoms with E-state index in [0.717, 1.165) is 15.6 Å². The molecule has 2 heterocycles. The minimum atomic E-state index is -0.424. The lowest BCUT2D eigenvalue weighted by atomic mass is 10.2. The van der Waals surface area contributed by atoms with Crippen molar-refractivity contribution < 1.29 is 19.0 Å². The van der Waals surface area contributed by atoms with E-state index in [1.54, 1.807) is 42.7 Å². The third-order valence-electron chi connectivity index (χ3n) is 3.61. The van der Waals surface area contributed by atoms with E-state index < -0.39 is 5.97 Å². The highest BCUT2D eigenvalue weighted by atomic mass is 79.9. The van der Waals surface area contributed by atoms with Gasteiger partial charge >= 0.3 is 5.97 Å². The number of ether oxygens (including phenoxy) is 3. The van der Waals surface area contributed by atoms with Gasteiger partial charge in [-0.2, -0.15) is 0 Å². The van der Waals surface area contributed by atoms with Crippen molar-refractivity contribution >= 4 is 32.9 Å². The number of hydrogen-bond donors (Lipinski definition) is 0. The van der Waals surface area contributed by atoms with E-state index in [1.165, 1.54) is 0 Å². The summed E-state index contributed by atoms with van der Waals surface area (Å²) in [6.45, 7) is 0.317. The van der Waals surface area contributed by atoms with E-state index in [2.05, 4.69) is 25.9 Å². The molecule has 0 bridgehead atoms. The maximum absolute atomic E-state index is 12.3. The van der Waals surface area contributed by atoms with Crippen molar-refractivity contribution in [2.24, 2.45) is 0 Å². The predicted octanol–water partition coefficient (Wildman–Crippen LogP) is 3.48. The van der Waals surface area contributed by atoms with Crippen LogP contribution in [-0.4, -0.2) is 22.7 Å². The Bertz CT molecular complexity index is 945. The van der Waals surface area contributed by atoms with E-state index in [9.17, 15) is 4.79 Å². The Balaban J connectivity index is 1.52. The highest BCUT2D eigenvalue weighted by Crippen LogP contribution is 2.37. The molecule has 0 unspecified atom stereocenters. The van der Waals surface area contributed by atoms with E-state index in [4.69, 9.17) is 14.2 Å². The average Bonchev–Trinajstić information content (AvgIpc) is 3.06. The molecule has 0 N–H and O–H groups in total. The minimum absolute atomic E-state index is 0.120. The Morgan fingerprint density at radius 3 is 2.67 bits per heavy atom. The largest absolute Gasteiger partial charge is 0.457 e. The quantitative estimate of drug-likeness (QED) is 0.641. The highest BCUT2D eigenvalue weighted by Gasteiger charge is 2.17. The van der Waals surface area contributed by atoms with Crippen LogP contribution in [0.25, 0.3) is 11.0 Å². The summed E-state index contributed by atoms with van der Waals surface area (Å²) in [6.07, 6.45) is 3.19. The molecule has 0 radical (unpaired) electrons. The predicted molar refractivity (Wildman–Crippen MR) is 88.9 cm³/mol. The second-order valence-electron chi connectivity index (χ2n) is 5.13. The summed E-state index contributed by atoms with van der Waals surface area (Å²) in [5.41, 5.74) is 2.61. The highest BCUT2D eigenvalue weighted by molar-refractivity contribution is 9.10. The summed E-state index contributed by atoms with van der Waals surface area (Å²) in [4.78, 5) is 20.6. The number of hydrogen-bond acceptors (Lipinski definition) is 6. The first-order chi connectivity index (χ1) is 11.7. The van der Waals surface area contributed by atoms with Gasteiger partial charge in [-0.3, -0.25) is 9.97 Å². The SMILES string of the molecule is O=C(OCc1cc2c(cc1Br)OCO2)c1ccc2nccnc2c1. The zero-order chi connectivity index (χ0) is 16.5. The van der Waals surface area contributed by atoms with E-state index >= 15 is 0 Å². The van der Waals surface area contributed by atoms with Gasteiger partial charge in [0.1, 0.15) is 6.61 Å². The van der Waals surface area contributed by atoms with Crippen LogP contribution in [0.15, 0.2) is 47.2 Å². The molecule has 7 heteroatoms. The normalized spacial score (nSPS) is 12.4. The Labute approximate surface area is 145 Å². The van der Waals surface area contributed by atoms with E-state index in [0.29, 0.717) is 22.6 Å². The molecule has 0 aliphatic carbocycles. The topological polar surface area (TPSA) is 70.5 Å². The van der Waals surface area contributed by atoms with Gasteiger partial charge < -0.3 is 14.2 Å².